The zero-order valence-corrected chi connectivity index (χ0v) is 24.2. The van der Waals surface area contributed by atoms with Crippen LogP contribution in [0.5, 0.6) is 0 Å². The van der Waals surface area contributed by atoms with E-state index in [9.17, 15) is 14.7 Å². The largest absolute Gasteiger partial charge is 0.463 e. The molecule has 36 heavy (non-hydrogen) atoms. The van der Waals surface area contributed by atoms with Crippen LogP contribution in [-0.4, -0.2) is 36.4 Å². The van der Waals surface area contributed by atoms with Gasteiger partial charge in [0.1, 0.15) is 19.3 Å². The number of ether oxygens (including phenoxy) is 2. The minimum absolute atomic E-state index is 0.110. The monoisotopic (exact) mass is 512 g/mol. The highest BCUT2D eigenvalue weighted by Gasteiger charge is 2.12. The van der Waals surface area contributed by atoms with Crippen molar-refractivity contribution < 1.29 is 24.2 Å². The van der Waals surface area contributed by atoms with Gasteiger partial charge in [-0.2, -0.15) is 0 Å². The Morgan fingerprint density at radius 1 is 0.583 bits per heavy atom. The number of hydrogen-bond acceptors (Lipinski definition) is 5. The van der Waals surface area contributed by atoms with Crippen molar-refractivity contribution in [3.63, 3.8) is 0 Å². The smallest absolute Gasteiger partial charge is 0.305 e. The van der Waals surface area contributed by atoms with E-state index in [1.54, 1.807) is 0 Å². The molecule has 0 aromatic heterocycles. The van der Waals surface area contributed by atoms with Crippen molar-refractivity contribution in [2.45, 2.75) is 168 Å². The third kappa shape index (κ3) is 26.0. The standard InChI is InChI=1S/C31H60O5/c1-4-6-7-8-9-10-11-15-18-21-24-30(33)35-26-29(32)27-36-31(34)25-22-19-16-13-12-14-17-20-23-28(3)5-2/h28-29,32H,4-27H2,1-3H3/t28?,29-/m1/s1. The molecule has 0 aliphatic carbocycles. The van der Waals surface area contributed by atoms with Crippen LogP contribution in [0.1, 0.15) is 162 Å². The second-order valence-electron chi connectivity index (χ2n) is 10.8. The second kappa shape index (κ2) is 26.9. The van der Waals surface area contributed by atoms with Crippen LogP contribution in [-0.2, 0) is 19.1 Å². The summed E-state index contributed by atoms with van der Waals surface area (Å²) in [6, 6.07) is 0. The molecule has 0 radical (unpaired) electrons. The minimum Gasteiger partial charge on any atom is -0.463 e. The van der Waals surface area contributed by atoms with Gasteiger partial charge in [-0.25, -0.2) is 0 Å². The average Bonchev–Trinajstić information content (AvgIpc) is 2.88. The summed E-state index contributed by atoms with van der Waals surface area (Å²) in [7, 11) is 0. The van der Waals surface area contributed by atoms with Crippen molar-refractivity contribution in [3.05, 3.63) is 0 Å². The lowest BCUT2D eigenvalue weighted by atomic mass is 9.99. The van der Waals surface area contributed by atoms with Crippen LogP contribution in [0.4, 0.5) is 0 Å². The molecule has 0 fully saturated rings. The Labute approximate surface area is 223 Å². The molecule has 0 rings (SSSR count). The van der Waals surface area contributed by atoms with E-state index in [-0.39, 0.29) is 25.2 Å². The van der Waals surface area contributed by atoms with Gasteiger partial charge in [0, 0.05) is 12.8 Å². The molecule has 0 heterocycles. The van der Waals surface area contributed by atoms with E-state index < -0.39 is 6.10 Å². The van der Waals surface area contributed by atoms with E-state index in [2.05, 4.69) is 20.8 Å². The summed E-state index contributed by atoms with van der Waals surface area (Å²) < 4.78 is 10.2. The van der Waals surface area contributed by atoms with Crippen molar-refractivity contribution in [3.8, 4) is 0 Å². The van der Waals surface area contributed by atoms with E-state index >= 15 is 0 Å². The molecular formula is C31H60O5. The Balaban J connectivity index is 3.44. The van der Waals surface area contributed by atoms with Crippen LogP contribution in [0.2, 0.25) is 0 Å². The highest BCUT2D eigenvalue weighted by atomic mass is 16.6. The molecule has 1 unspecified atom stereocenters. The van der Waals surface area contributed by atoms with Gasteiger partial charge in [-0.15, -0.1) is 0 Å². The van der Waals surface area contributed by atoms with E-state index in [0.717, 1.165) is 44.4 Å². The molecule has 1 N–H and O–H groups in total. The lowest BCUT2D eigenvalue weighted by molar-refractivity contribution is -0.152. The molecule has 5 nitrogen and oxygen atoms in total. The molecule has 0 amide bonds. The predicted molar refractivity (Wildman–Crippen MR) is 150 cm³/mol. The normalized spacial score (nSPS) is 12.9. The lowest BCUT2D eigenvalue weighted by Gasteiger charge is -2.12. The summed E-state index contributed by atoms with van der Waals surface area (Å²) in [6.45, 7) is 6.62. The summed E-state index contributed by atoms with van der Waals surface area (Å²) >= 11 is 0. The van der Waals surface area contributed by atoms with Gasteiger partial charge in [0.15, 0.2) is 0 Å². The van der Waals surface area contributed by atoms with Gasteiger partial charge in [0.2, 0.25) is 0 Å². The van der Waals surface area contributed by atoms with Crippen molar-refractivity contribution in [2.75, 3.05) is 13.2 Å². The minimum atomic E-state index is -0.953. The Morgan fingerprint density at radius 3 is 1.33 bits per heavy atom. The van der Waals surface area contributed by atoms with Gasteiger partial charge in [-0.05, 0) is 18.8 Å². The van der Waals surface area contributed by atoms with Crippen LogP contribution in [0.3, 0.4) is 0 Å². The Kier molecular flexibility index (Phi) is 26.1. The highest BCUT2D eigenvalue weighted by molar-refractivity contribution is 5.69. The number of aliphatic hydroxyl groups is 1. The van der Waals surface area contributed by atoms with Crippen LogP contribution in [0, 0.1) is 5.92 Å². The molecule has 0 spiro atoms. The summed E-state index contributed by atoms with van der Waals surface area (Å²) in [5.41, 5.74) is 0. The predicted octanol–water partition coefficient (Wildman–Crippen LogP) is 8.69. The first kappa shape index (κ1) is 34.9. The average molecular weight is 513 g/mol. The van der Waals surface area contributed by atoms with Crippen LogP contribution >= 0.6 is 0 Å². The number of rotatable bonds is 27. The SMILES string of the molecule is CCCCCCCCCCCCC(=O)OC[C@@H](O)COC(=O)CCCCCCCCCCC(C)CC. The van der Waals surface area contributed by atoms with Crippen LogP contribution in [0.15, 0.2) is 0 Å². The van der Waals surface area contributed by atoms with Gasteiger partial charge < -0.3 is 14.6 Å². The second-order valence-corrected chi connectivity index (χ2v) is 10.8. The molecule has 2 atom stereocenters. The molecule has 0 saturated heterocycles. The van der Waals surface area contributed by atoms with Gasteiger partial charge in [0.25, 0.3) is 0 Å². The van der Waals surface area contributed by atoms with Crippen molar-refractivity contribution in [1.82, 2.24) is 0 Å². The highest BCUT2D eigenvalue weighted by Crippen LogP contribution is 2.15. The Morgan fingerprint density at radius 2 is 0.944 bits per heavy atom. The maximum absolute atomic E-state index is 11.8. The molecule has 0 saturated carbocycles. The summed E-state index contributed by atoms with van der Waals surface area (Å²) in [5, 5.41) is 9.91. The number of esters is 2. The molecule has 0 bridgehead atoms. The van der Waals surface area contributed by atoms with E-state index in [4.69, 9.17) is 9.47 Å². The third-order valence-electron chi connectivity index (χ3n) is 7.13. The first-order valence-electron chi connectivity index (χ1n) is 15.5. The van der Waals surface area contributed by atoms with Gasteiger partial charge >= 0.3 is 11.9 Å². The fraction of sp³-hybridized carbons (Fsp3) is 0.935. The van der Waals surface area contributed by atoms with Gasteiger partial charge in [-0.1, -0.05) is 136 Å². The number of hydrogen-bond donors (Lipinski definition) is 1. The van der Waals surface area contributed by atoms with Crippen molar-refractivity contribution in [1.29, 1.82) is 0 Å². The van der Waals surface area contributed by atoms with Crippen LogP contribution < -0.4 is 0 Å². The molecule has 0 aliphatic rings. The maximum atomic E-state index is 11.8. The zero-order chi connectivity index (χ0) is 26.7. The Hall–Kier alpha value is -1.10. The first-order valence-corrected chi connectivity index (χ1v) is 15.5. The van der Waals surface area contributed by atoms with E-state index in [1.807, 2.05) is 0 Å². The summed E-state index contributed by atoms with van der Waals surface area (Å²) in [5.74, 6) is 0.298. The Bertz CT molecular complexity index is 493. The summed E-state index contributed by atoms with van der Waals surface area (Å²) in [6.07, 6.45) is 24.3. The van der Waals surface area contributed by atoms with Crippen LogP contribution in [0.25, 0.3) is 0 Å². The third-order valence-corrected chi connectivity index (χ3v) is 7.13. The lowest BCUT2D eigenvalue weighted by Crippen LogP contribution is -2.25. The van der Waals surface area contributed by atoms with Gasteiger partial charge in [0.05, 0.1) is 0 Å². The maximum Gasteiger partial charge on any atom is 0.305 e. The molecule has 214 valence electrons. The topological polar surface area (TPSA) is 72.8 Å². The number of unbranched alkanes of at least 4 members (excludes halogenated alkanes) is 16. The number of carbonyl (C=O) groups excluding carboxylic acids is 2. The number of aliphatic hydroxyl groups excluding tert-OH is 1. The van der Waals surface area contributed by atoms with E-state index in [0.29, 0.717) is 12.8 Å². The molecular weight excluding hydrogens is 452 g/mol. The summed E-state index contributed by atoms with van der Waals surface area (Å²) in [4.78, 5) is 23.7. The molecule has 5 heteroatoms. The zero-order valence-electron chi connectivity index (χ0n) is 24.2. The molecule has 0 aromatic rings. The first-order chi connectivity index (χ1) is 17.5. The molecule has 0 aromatic carbocycles. The van der Waals surface area contributed by atoms with E-state index in [1.165, 1.54) is 89.9 Å². The quantitative estimate of drug-likeness (QED) is 0.0880. The van der Waals surface area contributed by atoms with Crippen molar-refractivity contribution >= 4 is 11.9 Å². The number of carbonyl (C=O) groups is 2. The van der Waals surface area contributed by atoms with Crippen molar-refractivity contribution in [2.24, 2.45) is 5.92 Å². The molecule has 0 aliphatic heterocycles. The van der Waals surface area contributed by atoms with Gasteiger partial charge in [-0.3, -0.25) is 9.59 Å². The fourth-order valence-electron chi connectivity index (χ4n) is 4.35. The fourth-order valence-corrected chi connectivity index (χ4v) is 4.35.